The average Bonchev–Trinajstić information content (AvgIpc) is 3.59. The molecule has 0 aromatic heterocycles. The fourth-order valence-electron chi connectivity index (χ4n) is 4.52. The first kappa shape index (κ1) is 20.6. The normalized spacial score (nSPS) is 39.9. The molecule has 2 saturated heterocycles. The summed E-state index contributed by atoms with van der Waals surface area (Å²) in [5.41, 5.74) is -0.445. The number of epoxide rings is 2. The lowest BCUT2D eigenvalue weighted by Crippen LogP contribution is -2.47. The van der Waals surface area contributed by atoms with Crippen LogP contribution in [0.1, 0.15) is 59.3 Å². The highest BCUT2D eigenvalue weighted by molar-refractivity contribution is 5.76. The Balaban J connectivity index is 1.38. The van der Waals surface area contributed by atoms with Crippen LogP contribution in [-0.4, -0.2) is 62.9 Å². The molecule has 0 aromatic rings. The van der Waals surface area contributed by atoms with E-state index in [-0.39, 0.29) is 30.4 Å². The summed E-state index contributed by atoms with van der Waals surface area (Å²) < 4.78 is 28.9. The molecule has 0 bridgehead atoms. The molecule has 4 rings (SSSR count). The van der Waals surface area contributed by atoms with Gasteiger partial charge in [-0.15, -0.1) is 0 Å². The van der Waals surface area contributed by atoms with Crippen LogP contribution < -0.4 is 0 Å². The Kier molecular flexibility index (Phi) is 6.31. The maximum Gasteiger partial charge on any atom is 0.311 e. The third-order valence-electron chi connectivity index (χ3n) is 7.07. The fourth-order valence-corrected chi connectivity index (χ4v) is 4.52. The predicted octanol–water partition coefficient (Wildman–Crippen LogP) is 3.11. The van der Waals surface area contributed by atoms with E-state index in [0.717, 1.165) is 51.7 Å². The highest BCUT2D eigenvalue weighted by Gasteiger charge is 2.45. The number of fused-ring (bicyclic) bond motifs is 1. The smallest absolute Gasteiger partial charge is 0.311 e. The maximum atomic E-state index is 12.8. The summed E-state index contributed by atoms with van der Waals surface area (Å²) in [6.45, 7) is 8.98. The zero-order valence-electron chi connectivity index (χ0n) is 17.6. The van der Waals surface area contributed by atoms with Crippen molar-refractivity contribution < 1.29 is 28.5 Å². The van der Waals surface area contributed by atoms with Gasteiger partial charge in [0.15, 0.2) is 0 Å². The summed E-state index contributed by atoms with van der Waals surface area (Å²) in [6, 6.07) is 0. The van der Waals surface area contributed by atoms with Gasteiger partial charge in [-0.25, -0.2) is 0 Å². The summed E-state index contributed by atoms with van der Waals surface area (Å²) >= 11 is 0. The molecule has 0 radical (unpaired) electrons. The van der Waals surface area contributed by atoms with E-state index in [4.69, 9.17) is 23.7 Å². The fraction of sp³-hybridized carbons (Fsp3) is 0.955. The summed E-state index contributed by atoms with van der Waals surface area (Å²) in [6.07, 6.45) is 6.69. The van der Waals surface area contributed by atoms with Crippen LogP contribution >= 0.6 is 0 Å². The van der Waals surface area contributed by atoms with Crippen molar-refractivity contribution >= 4 is 5.97 Å². The standard InChI is InChI=1S/C22H36O6/c1-4-22(2,3)21(23)28-20-9-16(25-11-18-13-27-18)7-14-5-6-15(8-19(14)20)24-10-17-12-26-17/h14-20H,4-13H2,1-3H3. The number of carbonyl (C=O) groups is 1. The molecular formula is C22H36O6. The predicted molar refractivity (Wildman–Crippen MR) is 103 cm³/mol. The van der Waals surface area contributed by atoms with Gasteiger partial charge in [-0.2, -0.15) is 0 Å². The molecule has 4 aliphatic rings. The van der Waals surface area contributed by atoms with E-state index >= 15 is 0 Å². The van der Waals surface area contributed by atoms with Gasteiger partial charge in [0, 0.05) is 12.3 Å². The van der Waals surface area contributed by atoms with Gasteiger partial charge in [-0.1, -0.05) is 6.92 Å². The summed E-state index contributed by atoms with van der Waals surface area (Å²) in [4.78, 5) is 12.8. The quantitative estimate of drug-likeness (QED) is 0.441. The minimum absolute atomic E-state index is 0.0780. The molecular weight excluding hydrogens is 360 g/mol. The molecule has 2 aliphatic heterocycles. The number of ether oxygens (including phenoxy) is 5. The Morgan fingerprint density at radius 2 is 1.61 bits per heavy atom. The van der Waals surface area contributed by atoms with Gasteiger partial charge in [0.25, 0.3) is 0 Å². The minimum atomic E-state index is -0.445. The topological polar surface area (TPSA) is 69.8 Å². The van der Waals surface area contributed by atoms with Gasteiger partial charge >= 0.3 is 5.97 Å². The number of hydrogen-bond acceptors (Lipinski definition) is 6. The SMILES string of the molecule is CCC(C)(C)C(=O)OC1CC(OCC2CO2)CC2CCC(OCC3CO3)CC21. The summed E-state index contributed by atoms with van der Waals surface area (Å²) in [7, 11) is 0. The maximum absolute atomic E-state index is 12.8. The molecule has 7 unspecified atom stereocenters. The van der Waals surface area contributed by atoms with Gasteiger partial charge in [-0.3, -0.25) is 4.79 Å². The molecule has 0 N–H and O–H groups in total. The molecule has 4 fully saturated rings. The Hall–Kier alpha value is -0.690. The van der Waals surface area contributed by atoms with Crippen molar-refractivity contribution in [2.24, 2.45) is 17.3 Å². The number of hydrogen-bond donors (Lipinski definition) is 0. The second-order valence-corrected chi connectivity index (χ2v) is 9.71. The first-order valence-corrected chi connectivity index (χ1v) is 11.1. The second-order valence-electron chi connectivity index (χ2n) is 9.71. The summed E-state index contributed by atoms with van der Waals surface area (Å²) in [5.74, 6) is 0.824. The number of rotatable bonds is 9. The van der Waals surface area contributed by atoms with Crippen LogP contribution in [0.25, 0.3) is 0 Å². The highest BCUT2D eigenvalue weighted by Crippen LogP contribution is 2.44. The van der Waals surface area contributed by atoms with Gasteiger partial charge in [-0.05, 0) is 51.9 Å². The van der Waals surface area contributed by atoms with E-state index in [1.807, 2.05) is 20.8 Å². The van der Waals surface area contributed by atoms with Crippen molar-refractivity contribution in [3.63, 3.8) is 0 Å². The molecule has 28 heavy (non-hydrogen) atoms. The molecule has 7 atom stereocenters. The molecule has 2 heterocycles. The lowest BCUT2D eigenvalue weighted by atomic mass is 9.67. The van der Waals surface area contributed by atoms with Crippen LogP contribution in [0.15, 0.2) is 0 Å². The molecule has 0 aromatic carbocycles. The van der Waals surface area contributed by atoms with Crippen molar-refractivity contribution in [3.8, 4) is 0 Å². The van der Waals surface area contributed by atoms with Crippen LogP contribution in [0.4, 0.5) is 0 Å². The Morgan fingerprint density at radius 1 is 0.964 bits per heavy atom. The lowest BCUT2D eigenvalue weighted by Gasteiger charge is -2.46. The van der Waals surface area contributed by atoms with Crippen molar-refractivity contribution in [1.29, 1.82) is 0 Å². The van der Waals surface area contributed by atoms with Crippen molar-refractivity contribution in [2.45, 2.75) is 89.8 Å². The van der Waals surface area contributed by atoms with Crippen LogP contribution in [0.5, 0.6) is 0 Å². The monoisotopic (exact) mass is 396 g/mol. The molecule has 0 amide bonds. The number of carbonyl (C=O) groups excluding carboxylic acids is 1. The van der Waals surface area contributed by atoms with Gasteiger partial charge in [0.1, 0.15) is 18.3 Å². The summed E-state index contributed by atoms with van der Waals surface area (Å²) in [5, 5.41) is 0. The third kappa shape index (κ3) is 5.26. The number of esters is 1. The first-order valence-electron chi connectivity index (χ1n) is 11.1. The lowest BCUT2D eigenvalue weighted by molar-refractivity contribution is -0.176. The molecule has 0 spiro atoms. The molecule has 6 heteroatoms. The Labute approximate surface area is 168 Å². The Morgan fingerprint density at radius 3 is 2.21 bits per heavy atom. The second kappa shape index (κ2) is 8.58. The van der Waals surface area contributed by atoms with Gasteiger partial charge in [0.05, 0.1) is 44.1 Å². The largest absolute Gasteiger partial charge is 0.462 e. The van der Waals surface area contributed by atoms with Crippen molar-refractivity contribution in [2.75, 3.05) is 26.4 Å². The van der Waals surface area contributed by atoms with Crippen LogP contribution in [-0.2, 0) is 28.5 Å². The van der Waals surface area contributed by atoms with E-state index in [2.05, 4.69) is 0 Å². The highest BCUT2D eigenvalue weighted by atomic mass is 16.6. The van der Waals surface area contributed by atoms with E-state index in [1.165, 1.54) is 0 Å². The van der Waals surface area contributed by atoms with Crippen molar-refractivity contribution in [1.82, 2.24) is 0 Å². The van der Waals surface area contributed by atoms with E-state index < -0.39 is 5.41 Å². The molecule has 160 valence electrons. The van der Waals surface area contributed by atoms with E-state index in [0.29, 0.717) is 31.2 Å². The van der Waals surface area contributed by atoms with Crippen molar-refractivity contribution in [3.05, 3.63) is 0 Å². The molecule has 2 saturated carbocycles. The van der Waals surface area contributed by atoms with E-state index in [1.54, 1.807) is 0 Å². The van der Waals surface area contributed by atoms with Crippen LogP contribution in [0.2, 0.25) is 0 Å². The zero-order valence-corrected chi connectivity index (χ0v) is 17.6. The molecule has 2 aliphatic carbocycles. The van der Waals surface area contributed by atoms with Gasteiger partial charge in [0.2, 0.25) is 0 Å². The average molecular weight is 397 g/mol. The molecule has 6 nitrogen and oxygen atoms in total. The third-order valence-corrected chi connectivity index (χ3v) is 7.07. The first-order chi connectivity index (χ1) is 13.4. The van der Waals surface area contributed by atoms with Gasteiger partial charge < -0.3 is 23.7 Å². The van der Waals surface area contributed by atoms with Crippen LogP contribution in [0.3, 0.4) is 0 Å². The Bertz CT molecular complexity index is 541. The van der Waals surface area contributed by atoms with Crippen LogP contribution in [0, 0.1) is 17.3 Å². The zero-order chi connectivity index (χ0) is 19.7. The minimum Gasteiger partial charge on any atom is -0.462 e. The van der Waals surface area contributed by atoms with E-state index in [9.17, 15) is 4.79 Å².